The summed E-state index contributed by atoms with van der Waals surface area (Å²) in [7, 11) is -3.05. The van der Waals surface area contributed by atoms with Gasteiger partial charge in [-0.1, -0.05) is 0 Å². The van der Waals surface area contributed by atoms with Gasteiger partial charge < -0.3 is 10.1 Å². The molecular formula is C10H20N2O4S. The molecule has 0 saturated carbocycles. The van der Waals surface area contributed by atoms with E-state index in [1.54, 1.807) is 6.92 Å². The molecule has 6 nitrogen and oxygen atoms in total. The number of sulfonamides is 1. The molecule has 1 saturated heterocycles. The Balaban J connectivity index is 2.20. The molecule has 0 aromatic carbocycles. The molecule has 0 aliphatic carbocycles. The molecule has 1 amide bonds. The molecule has 0 spiro atoms. The normalized spacial score (nSPS) is 19.8. The molecule has 1 N–H and O–H groups in total. The lowest BCUT2D eigenvalue weighted by molar-refractivity contribution is 0.152. The van der Waals surface area contributed by atoms with Crippen LogP contribution in [0.15, 0.2) is 0 Å². The van der Waals surface area contributed by atoms with E-state index in [4.69, 9.17) is 4.74 Å². The third kappa shape index (κ3) is 4.91. The molecule has 0 aromatic heterocycles. The zero-order valence-electron chi connectivity index (χ0n) is 10.1. The highest BCUT2D eigenvalue weighted by atomic mass is 32.2. The number of nitrogens with one attached hydrogen (secondary N) is 1. The van der Waals surface area contributed by atoms with E-state index < -0.39 is 16.1 Å². The largest absolute Gasteiger partial charge is 0.450 e. The van der Waals surface area contributed by atoms with E-state index in [-0.39, 0.29) is 5.75 Å². The van der Waals surface area contributed by atoms with Gasteiger partial charge in [0.25, 0.3) is 0 Å². The number of amides is 1. The van der Waals surface area contributed by atoms with Crippen molar-refractivity contribution in [1.29, 1.82) is 0 Å². The summed E-state index contributed by atoms with van der Waals surface area (Å²) >= 11 is 0. The number of carbonyl (C=O) groups excluding carboxylic acids is 1. The molecule has 1 rings (SSSR count). The van der Waals surface area contributed by atoms with Crippen LogP contribution in [0.25, 0.3) is 0 Å². The average molecular weight is 264 g/mol. The second-order valence-corrected chi connectivity index (χ2v) is 6.01. The summed E-state index contributed by atoms with van der Waals surface area (Å²) in [5.41, 5.74) is 0. The van der Waals surface area contributed by atoms with E-state index in [0.29, 0.717) is 32.7 Å². The number of hydrogen-bond acceptors (Lipinski definition) is 4. The molecule has 7 heteroatoms. The van der Waals surface area contributed by atoms with Gasteiger partial charge in [-0.25, -0.2) is 17.5 Å². The maximum atomic E-state index is 11.6. The predicted molar refractivity (Wildman–Crippen MR) is 64.2 cm³/mol. The summed E-state index contributed by atoms with van der Waals surface area (Å²) in [5.74, 6) is 0.248. The predicted octanol–water partition coefficient (Wildman–Crippen LogP) is 0.548. The fraction of sp³-hybridized carbons (Fsp3) is 0.900. The first kappa shape index (κ1) is 14.2. The van der Waals surface area contributed by atoms with Crippen LogP contribution in [-0.4, -0.2) is 50.8 Å². The topological polar surface area (TPSA) is 75.7 Å². The Morgan fingerprint density at radius 2 is 2.18 bits per heavy atom. The van der Waals surface area contributed by atoms with Crippen LogP contribution >= 0.6 is 0 Å². The van der Waals surface area contributed by atoms with Crippen molar-refractivity contribution in [3.8, 4) is 0 Å². The van der Waals surface area contributed by atoms with Gasteiger partial charge in [0.05, 0.1) is 12.4 Å². The van der Waals surface area contributed by atoms with Crippen LogP contribution in [0.5, 0.6) is 0 Å². The second-order valence-electron chi connectivity index (χ2n) is 3.92. The molecule has 1 heterocycles. The van der Waals surface area contributed by atoms with E-state index in [2.05, 4.69) is 5.32 Å². The average Bonchev–Trinajstić information content (AvgIpc) is 2.26. The Labute approximate surface area is 102 Å². The fourth-order valence-corrected chi connectivity index (χ4v) is 3.36. The minimum absolute atomic E-state index is 0.248. The van der Waals surface area contributed by atoms with E-state index >= 15 is 0 Å². The second kappa shape index (κ2) is 6.80. The van der Waals surface area contributed by atoms with Gasteiger partial charge in [0.1, 0.15) is 0 Å². The molecule has 1 aliphatic rings. The maximum Gasteiger partial charge on any atom is 0.407 e. The van der Waals surface area contributed by atoms with Gasteiger partial charge in [-0.2, -0.15) is 0 Å². The van der Waals surface area contributed by atoms with Gasteiger partial charge in [0.15, 0.2) is 0 Å². The fourth-order valence-electron chi connectivity index (χ4n) is 1.72. The SMILES string of the molecule is CCOC(=O)NCCCN1CCCCS1(=O)=O. The lowest BCUT2D eigenvalue weighted by atomic mass is 10.3. The molecule has 17 heavy (non-hydrogen) atoms. The van der Waals surface area contributed by atoms with Crippen LogP contribution in [0.4, 0.5) is 4.79 Å². The first-order chi connectivity index (χ1) is 8.06. The minimum Gasteiger partial charge on any atom is -0.450 e. The summed E-state index contributed by atoms with van der Waals surface area (Å²) in [6.07, 6.45) is 1.83. The summed E-state index contributed by atoms with van der Waals surface area (Å²) in [5, 5.41) is 2.57. The lowest BCUT2D eigenvalue weighted by Gasteiger charge is -2.26. The van der Waals surface area contributed by atoms with Gasteiger partial charge in [0.2, 0.25) is 10.0 Å². The van der Waals surface area contributed by atoms with Gasteiger partial charge in [-0.3, -0.25) is 0 Å². The van der Waals surface area contributed by atoms with Crippen LogP contribution in [0.2, 0.25) is 0 Å². The van der Waals surface area contributed by atoms with Gasteiger partial charge in [0, 0.05) is 19.6 Å². The van der Waals surface area contributed by atoms with Gasteiger partial charge in [-0.15, -0.1) is 0 Å². The van der Waals surface area contributed by atoms with E-state index in [0.717, 1.165) is 12.8 Å². The van der Waals surface area contributed by atoms with Crippen LogP contribution in [-0.2, 0) is 14.8 Å². The van der Waals surface area contributed by atoms with Crippen molar-refractivity contribution in [1.82, 2.24) is 9.62 Å². The number of rotatable bonds is 5. The third-order valence-electron chi connectivity index (χ3n) is 2.58. The molecule has 0 atom stereocenters. The third-order valence-corrected chi connectivity index (χ3v) is 4.54. The highest BCUT2D eigenvalue weighted by molar-refractivity contribution is 7.89. The van der Waals surface area contributed by atoms with Crippen LogP contribution in [0.3, 0.4) is 0 Å². The summed E-state index contributed by atoms with van der Waals surface area (Å²) in [4.78, 5) is 11.0. The van der Waals surface area contributed by atoms with Crippen molar-refractivity contribution in [2.24, 2.45) is 0 Å². The van der Waals surface area contributed by atoms with E-state index in [9.17, 15) is 13.2 Å². The molecule has 1 fully saturated rings. The van der Waals surface area contributed by atoms with Gasteiger partial charge >= 0.3 is 6.09 Å². The molecule has 0 unspecified atom stereocenters. The molecule has 0 bridgehead atoms. The Morgan fingerprint density at radius 1 is 1.41 bits per heavy atom. The highest BCUT2D eigenvalue weighted by Gasteiger charge is 2.24. The Hall–Kier alpha value is -0.820. The van der Waals surface area contributed by atoms with E-state index in [1.807, 2.05) is 0 Å². The molecule has 0 radical (unpaired) electrons. The first-order valence-corrected chi connectivity index (χ1v) is 7.55. The monoisotopic (exact) mass is 264 g/mol. The maximum absolute atomic E-state index is 11.6. The smallest absolute Gasteiger partial charge is 0.407 e. The minimum atomic E-state index is -3.05. The zero-order chi connectivity index (χ0) is 12.7. The Kier molecular flexibility index (Phi) is 5.70. The Morgan fingerprint density at radius 3 is 2.82 bits per heavy atom. The number of nitrogens with zero attached hydrogens (tertiary/aromatic N) is 1. The summed E-state index contributed by atoms with van der Waals surface area (Å²) in [6.45, 7) is 3.58. The number of ether oxygens (including phenoxy) is 1. The molecule has 1 aliphatic heterocycles. The standard InChI is InChI=1S/C10H20N2O4S/c1-2-16-10(13)11-6-5-8-12-7-3-4-9-17(12,14)15/h2-9H2,1H3,(H,11,13). The molecular weight excluding hydrogens is 244 g/mol. The Bertz CT molecular complexity index is 342. The van der Waals surface area contributed by atoms with Crippen molar-refractivity contribution >= 4 is 16.1 Å². The number of hydrogen-bond donors (Lipinski definition) is 1. The van der Waals surface area contributed by atoms with Crippen molar-refractivity contribution in [3.05, 3.63) is 0 Å². The quantitative estimate of drug-likeness (QED) is 0.736. The van der Waals surface area contributed by atoms with Crippen LogP contribution in [0.1, 0.15) is 26.2 Å². The lowest BCUT2D eigenvalue weighted by Crippen LogP contribution is -2.39. The van der Waals surface area contributed by atoms with Crippen molar-refractivity contribution in [3.63, 3.8) is 0 Å². The van der Waals surface area contributed by atoms with Crippen molar-refractivity contribution in [2.75, 3.05) is 32.0 Å². The summed E-state index contributed by atoms with van der Waals surface area (Å²) in [6, 6.07) is 0. The van der Waals surface area contributed by atoms with Gasteiger partial charge in [-0.05, 0) is 26.2 Å². The van der Waals surface area contributed by atoms with Crippen LogP contribution < -0.4 is 5.32 Å². The van der Waals surface area contributed by atoms with Crippen molar-refractivity contribution in [2.45, 2.75) is 26.2 Å². The summed E-state index contributed by atoms with van der Waals surface area (Å²) < 4.78 is 29.4. The highest BCUT2D eigenvalue weighted by Crippen LogP contribution is 2.13. The van der Waals surface area contributed by atoms with Crippen molar-refractivity contribution < 1.29 is 17.9 Å². The molecule has 0 aromatic rings. The van der Waals surface area contributed by atoms with Crippen LogP contribution in [0, 0.1) is 0 Å². The number of alkyl carbamates (subject to hydrolysis) is 1. The zero-order valence-corrected chi connectivity index (χ0v) is 11.0. The molecule has 100 valence electrons. The van der Waals surface area contributed by atoms with E-state index in [1.165, 1.54) is 4.31 Å². The number of carbonyl (C=O) groups is 1. The first-order valence-electron chi connectivity index (χ1n) is 5.94.